The number of halogens is 2. The third kappa shape index (κ3) is 3.01. The van der Waals surface area contributed by atoms with Gasteiger partial charge in [-0.15, -0.1) is 0 Å². The Balaban J connectivity index is 2.04. The van der Waals surface area contributed by atoms with Crippen LogP contribution in [0.3, 0.4) is 0 Å². The lowest BCUT2D eigenvalue weighted by Crippen LogP contribution is -2.02. The SMILES string of the molecule is CC(C)n1cc(CNc2cc(Cl)ccc2F)cn1. The van der Waals surface area contributed by atoms with E-state index in [-0.39, 0.29) is 5.82 Å². The molecular weight excluding hydrogens is 253 g/mol. The molecule has 1 aromatic carbocycles. The number of nitrogens with one attached hydrogen (secondary N) is 1. The molecule has 18 heavy (non-hydrogen) atoms. The maximum Gasteiger partial charge on any atom is 0.146 e. The lowest BCUT2D eigenvalue weighted by atomic mass is 10.3. The second-order valence-corrected chi connectivity index (χ2v) is 4.84. The molecule has 0 saturated carbocycles. The number of aromatic nitrogens is 2. The quantitative estimate of drug-likeness (QED) is 0.911. The molecule has 1 aromatic heterocycles. The topological polar surface area (TPSA) is 29.9 Å². The first-order valence-electron chi connectivity index (χ1n) is 5.78. The van der Waals surface area contributed by atoms with Crippen LogP contribution in [0.1, 0.15) is 25.5 Å². The molecule has 3 nitrogen and oxygen atoms in total. The zero-order chi connectivity index (χ0) is 13.1. The van der Waals surface area contributed by atoms with E-state index in [0.717, 1.165) is 5.56 Å². The molecule has 2 rings (SSSR count). The highest BCUT2D eigenvalue weighted by Gasteiger charge is 2.05. The van der Waals surface area contributed by atoms with E-state index in [1.807, 2.05) is 10.9 Å². The van der Waals surface area contributed by atoms with E-state index in [9.17, 15) is 4.39 Å². The molecule has 0 radical (unpaired) electrons. The first-order valence-corrected chi connectivity index (χ1v) is 6.16. The van der Waals surface area contributed by atoms with Crippen molar-refractivity contribution in [3.63, 3.8) is 0 Å². The van der Waals surface area contributed by atoms with Crippen LogP contribution in [-0.2, 0) is 6.54 Å². The summed E-state index contributed by atoms with van der Waals surface area (Å²) in [6, 6.07) is 4.77. The summed E-state index contributed by atoms with van der Waals surface area (Å²) in [5.74, 6) is -0.310. The molecule has 1 N–H and O–H groups in total. The van der Waals surface area contributed by atoms with Crippen molar-refractivity contribution in [1.82, 2.24) is 9.78 Å². The van der Waals surface area contributed by atoms with Gasteiger partial charge >= 0.3 is 0 Å². The predicted octanol–water partition coefficient (Wildman–Crippen LogP) is 3.87. The van der Waals surface area contributed by atoms with Gasteiger partial charge in [-0.1, -0.05) is 11.6 Å². The standard InChI is InChI=1S/C13H15ClFN3/c1-9(2)18-8-10(7-17-18)6-16-13-5-11(14)3-4-12(13)15/h3-5,7-9,16H,6H2,1-2H3. The van der Waals surface area contributed by atoms with Crippen LogP contribution in [0.5, 0.6) is 0 Å². The molecule has 96 valence electrons. The molecule has 0 fully saturated rings. The summed E-state index contributed by atoms with van der Waals surface area (Å²) >= 11 is 5.82. The summed E-state index contributed by atoms with van der Waals surface area (Å²) in [6.45, 7) is 4.63. The zero-order valence-electron chi connectivity index (χ0n) is 10.3. The van der Waals surface area contributed by atoms with Gasteiger partial charge in [-0.2, -0.15) is 5.10 Å². The molecule has 2 aromatic rings. The zero-order valence-corrected chi connectivity index (χ0v) is 11.1. The molecule has 0 amide bonds. The molecule has 1 heterocycles. The van der Waals surface area contributed by atoms with Gasteiger partial charge in [0, 0.05) is 29.4 Å². The summed E-state index contributed by atoms with van der Waals surface area (Å²) in [6.07, 6.45) is 3.72. The van der Waals surface area contributed by atoms with Crippen LogP contribution >= 0.6 is 11.6 Å². The smallest absolute Gasteiger partial charge is 0.146 e. The van der Waals surface area contributed by atoms with Crippen LogP contribution in [0.4, 0.5) is 10.1 Å². The van der Waals surface area contributed by atoms with Gasteiger partial charge in [-0.25, -0.2) is 4.39 Å². The van der Waals surface area contributed by atoms with Gasteiger partial charge in [-0.3, -0.25) is 4.68 Å². The Morgan fingerprint density at radius 3 is 2.89 bits per heavy atom. The van der Waals surface area contributed by atoms with Crippen molar-refractivity contribution < 1.29 is 4.39 Å². The number of anilines is 1. The minimum absolute atomic E-state index is 0.310. The second-order valence-electron chi connectivity index (χ2n) is 4.40. The fourth-order valence-electron chi connectivity index (χ4n) is 1.58. The molecule has 0 spiro atoms. The minimum Gasteiger partial charge on any atom is -0.378 e. The number of hydrogen-bond donors (Lipinski definition) is 1. The van der Waals surface area contributed by atoms with Gasteiger partial charge in [0.15, 0.2) is 0 Å². The van der Waals surface area contributed by atoms with E-state index in [4.69, 9.17) is 11.6 Å². The first kappa shape index (κ1) is 12.9. The molecule has 0 unspecified atom stereocenters. The van der Waals surface area contributed by atoms with Crippen molar-refractivity contribution in [2.24, 2.45) is 0 Å². The van der Waals surface area contributed by atoms with Gasteiger partial charge in [-0.05, 0) is 32.0 Å². The lowest BCUT2D eigenvalue weighted by Gasteiger charge is -2.07. The molecule has 5 heteroatoms. The fourth-order valence-corrected chi connectivity index (χ4v) is 1.75. The molecule has 0 aliphatic heterocycles. The monoisotopic (exact) mass is 267 g/mol. The maximum absolute atomic E-state index is 13.5. The van der Waals surface area contributed by atoms with Crippen LogP contribution in [0, 0.1) is 5.82 Å². The Labute approximate surface area is 111 Å². The van der Waals surface area contributed by atoms with Crippen molar-refractivity contribution >= 4 is 17.3 Å². The van der Waals surface area contributed by atoms with Crippen molar-refractivity contribution in [2.45, 2.75) is 26.4 Å². The molecule has 0 saturated heterocycles. The second kappa shape index (κ2) is 5.40. The Bertz CT molecular complexity index is 537. The van der Waals surface area contributed by atoms with Gasteiger partial charge in [0.1, 0.15) is 5.82 Å². The van der Waals surface area contributed by atoms with Gasteiger partial charge in [0.05, 0.1) is 11.9 Å². The highest BCUT2D eigenvalue weighted by atomic mass is 35.5. The Morgan fingerprint density at radius 1 is 1.44 bits per heavy atom. The average Bonchev–Trinajstić information content (AvgIpc) is 2.79. The number of nitrogens with zero attached hydrogens (tertiary/aromatic N) is 2. The Hall–Kier alpha value is -1.55. The normalized spacial score (nSPS) is 10.9. The van der Waals surface area contributed by atoms with E-state index in [1.165, 1.54) is 12.1 Å². The molecule has 0 bridgehead atoms. The molecule has 0 aliphatic carbocycles. The van der Waals surface area contributed by atoms with E-state index in [1.54, 1.807) is 12.3 Å². The summed E-state index contributed by atoms with van der Waals surface area (Å²) < 4.78 is 15.3. The summed E-state index contributed by atoms with van der Waals surface area (Å²) in [7, 11) is 0. The third-order valence-corrected chi connectivity index (χ3v) is 2.83. The van der Waals surface area contributed by atoms with E-state index in [2.05, 4.69) is 24.3 Å². The Kier molecular flexibility index (Phi) is 3.87. The number of hydrogen-bond acceptors (Lipinski definition) is 2. The van der Waals surface area contributed by atoms with E-state index >= 15 is 0 Å². The summed E-state index contributed by atoms with van der Waals surface area (Å²) in [5.41, 5.74) is 1.41. The lowest BCUT2D eigenvalue weighted by molar-refractivity contribution is 0.532. The largest absolute Gasteiger partial charge is 0.378 e. The van der Waals surface area contributed by atoms with Crippen molar-refractivity contribution in [2.75, 3.05) is 5.32 Å². The maximum atomic E-state index is 13.5. The first-order chi connectivity index (χ1) is 8.56. The van der Waals surface area contributed by atoms with Crippen LogP contribution in [0.25, 0.3) is 0 Å². The van der Waals surface area contributed by atoms with Crippen LogP contribution in [0.15, 0.2) is 30.6 Å². The number of rotatable bonds is 4. The van der Waals surface area contributed by atoms with Crippen LogP contribution in [0.2, 0.25) is 5.02 Å². The molecule has 0 atom stereocenters. The van der Waals surface area contributed by atoms with Crippen LogP contribution < -0.4 is 5.32 Å². The number of benzene rings is 1. The van der Waals surface area contributed by atoms with Crippen molar-refractivity contribution in [3.05, 3.63) is 47.0 Å². The average molecular weight is 268 g/mol. The van der Waals surface area contributed by atoms with Crippen LogP contribution in [-0.4, -0.2) is 9.78 Å². The van der Waals surface area contributed by atoms with Gasteiger partial charge < -0.3 is 5.32 Å². The van der Waals surface area contributed by atoms with Crippen molar-refractivity contribution in [1.29, 1.82) is 0 Å². The molecular formula is C13H15ClFN3. The molecule has 0 aliphatic rings. The third-order valence-electron chi connectivity index (χ3n) is 2.60. The highest BCUT2D eigenvalue weighted by Crippen LogP contribution is 2.20. The van der Waals surface area contributed by atoms with Crippen molar-refractivity contribution in [3.8, 4) is 0 Å². The van der Waals surface area contributed by atoms with E-state index < -0.39 is 0 Å². The summed E-state index contributed by atoms with van der Waals surface area (Å²) in [5, 5.41) is 7.75. The fraction of sp³-hybridized carbons (Fsp3) is 0.308. The predicted molar refractivity (Wildman–Crippen MR) is 71.3 cm³/mol. The highest BCUT2D eigenvalue weighted by molar-refractivity contribution is 6.30. The van der Waals surface area contributed by atoms with Gasteiger partial charge in [0.2, 0.25) is 0 Å². The minimum atomic E-state index is -0.310. The Morgan fingerprint density at radius 2 is 2.22 bits per heavy atom. The van der Waals surface area contributed by atoms with E-state index in [0.29, 0.717) is 23.3 Å². The summed E-state index contributed by atoms with van der Waals surface area (Å²) in [4.78, 5) is 0. The van der Waals surface area contributed by atoms with Gasteiger partial charge in [0.25, 0.3) is 0 Å².